The van der Waals surface area contributed by atoms with E-state index in [0.717, 1.165) is 4.90 Å². The fourth-order valence-corrected chi connectivity index (χ4v) is 4.13. The lowest BCUT2D eigenvalue weighted by molar-refractivity contribution is -0.123. The molecule has 0 saturated carbocycles. The Labute approximate surface area is 186 Å². The predicted molar refractivity (Wildman–Crippen MR) is 112 cm³/mol. The standard InChI is InChI=1S/C18H18F3N5O4S2/c1-17(2)15(27)26(12-3-5-13(6-4-12)31-18(19,20)21)16(28)25(17)10-11-7-8-23-9-14(11)24-32(22,29)30/h3-9,24H,10H2,1-2H3,(H2,22,29,30). The minimum absolute atomic E-state index is 0.0398. The zero-order valence-electron chi connectivity index (χ0n) is 16.8. The molecule has 1 aliphatic heterocycles. The first kappa shape index (κ1) is 23.8. The number of carbonyl (C=O) groups is 2. The fraction of sp³-hybridized carbons (Fsp3) is 0.278. The summed E-state index contributed by atoms with van der Waals surface area (Å²) in [5.41, 5.74) is -5.30. The third kappa shape index (κ3) is 5.14. The number of nitrogens with two attached hydrogens (primary N) is 1. The van der Waals surface area contributed by atoms with Gasteiger partial charge in [-0.3, -0.25) is 14.5 Å². The van der Waals surface area contributed by atoms with Crippen molar-refractivity contribution in [2.75, 3.05) is 9.62 Å². The highest BCUT2D eigenvalue weighted by Crippen LogP contribution is 2.39. The SMILES string of the molecule is CC1(C)C(=O)N(c2ccc(SC(F)(F)F)cc2)C(=O)N1Cc1ccncc1NS(N)(=O)=O. The Morgan fingerprint density at radius 2 is 1.78 bits per heavy atom. The summed E-state index contributed by atoms with van der Waals surface area (Å²) in [6.07, 6.45) is 2.59. The van der Waals surface area contributed by atoms with Crippen LogP contribution in [-0.2, 0) is 21.5 Å². The van der Waals surface area contributed by atoms with E-state index in [1.165, 1.54) is 61.5 Å². The molecule has 1 aromatic carbocycles. The normalized spacial score (nSPS) is 16.6. The average molecular weight is 490 g/mol. The molecule has 3 rings (SSSR count). The Bertz CT molecular complexity index is 1150. The van der Waals surface area contributed by atoms with Crippen molar-refractivity contribution in [3.05, 3.63) is 48.3 Å². The molecule has 9 nitrogen and oxygen atoms in total. The van der Waals surface area contributed by atoms with Crippen molar-refractivity contribution < 1.29 is 31.2 Å². The van der Waals surface area contributed by atoms with Crippen LogP contribution in [0.25, 0.3) is 0 Å². The number of hydrogen-bond donors (Lipinski definition) is 2. The number of pyridine rings is 1. The molecule has 0 aliphatic carbocycles. The minimum atomic E-state index is -4.47. The van der Waals surface area contributed by atoms with Gasteiger partial charge in [-0.1, -0.05) is 0 Å². The number of thioether (sulfide) groups is 1. The quantitative estimate of drug-likeness (QED) is 0.475. The Morgan fingerprint density at radius 3 is 2.34 bits per heavy atom. The maximum Gasteiger partial charge on any atom is 0.446 e. The van der Waals surface area contributed by atoms with Gasteiger partial charge in [0.2, 0.25) is 0 Å². The zero-order chi connectivity index (χ0) is 23.9. The number of nitrogens with zero attached hydrogens (tertiary/aromatic N) is 3. The molecule has 2 aromatic rings. The predicted octanol–water partition coefficient (Wildman–Crippen LogP) is 3.06. The van der Waals surface area contributed by atoms with Gasteiger partial charge in [-0.2, -0.15) is 21.6 Å². The van der Waals surface area contributed by atoms with Gasteiger partial charge >= 0.3 is 11.5 Å². The Morgan fingerprint density at radius 1 is 1.16 bits per heavy atom. The Hall–Kier alpha value is -2.84. The maximum absolute atomic E-state index is 13.1. The molecule has 0 bridgehead atoms. The number of anilines is 2. The average Bonchev–Trinajstić information content (AvgIpc) is 2.81. The van der Waals surface area contributed by atoms with Gasteiger partial charge in [0.25, 0.3) is 16.1 Å². The van der Waals surface area contributed by atoms with Crippen LogP contribution in [0.15, 0.2) is 47.6 Å². The van der Waals surface area contributed by atoms with Crippen molar-refractivity contribution in [2.24, 2.45) is 5.14 Å². The molecule has 0 atom stereocenters. The van der Waals surface area contributed by atoms with E-state index < -0.39 is 33.2 Å². The highest BCUT2D eigenvalue weighted by Gasteiger charge is 2.51. The van der Waals surface area contributed by atoms with Crippen LogP contribution in [0.2, 0.25) is 0 Å². The van der Waals surface area contributed by atoms with Gasteiger partial charge in [-0.05, 0) is 61.5 Å². The third-order valence-corrected chi connectivity index (χ3v) is 5.89. The van der Waals surface area contributed by atoms with Crippen LogP contribution < -0.4 is 14.8 Å². The summed E-state index contributed by atoms with van der Waals surface area (Å²) in [6.45, 7) is 2.86. The van der Waals surface area contributed by atoms with Crippen LogP contribution in [0, 0.1) is 0 Å². The number of aromatic nitrogens is 1. The van der Waals surface area contributed by atoms with Crippen LogP contribution in [-0.4, -0.2) is 41.3 Å². The summed E-state index contributed by atoms with van der Waals surface area (Å²) in [5.74, 6) is -0.589. The molecule has 172 valence electrons. The smallest absolute Gasteiger partial charge is 0.305 e. The minimum Gasteiger partial charge on any atom is -0.305 e. The molecule has 3 amide bonds. The molecule has 0 unspecified atom stereocenters. The summed E-state index contributed by atoms with van der Waals surface area (Å²) in [6, 6.07) is 5.59. The van der Waals surface area contributed by atoms with Crippen LogP contribution in [0.5, 0.6) is 0 Å². The lowest BCUT2D eigenvalue weighted by Gasteiger charge is -2.28. The van der Waals surface area contributed by atoms with Gasteiger partial charge in [-0.25, -0.2) is 14.8 Å². The molecule has 14 heteroatoms. The number of nitrogens with one attached hydrogen (secondary N) is 1. The van der Waals surface area contributed by atoms with Crippen molar-refractivity contribution in [1.29, 1.82) is 0 Å². The monoisotopic (exact) mass is 489 g/mol. The summed E-state index contributed by atoms with van der Waals surface area (Å²) in [4.78, 5) is 31.9. The molecular weight excluding hydrogens is 471 g/mol. The summed E-state index contributed by atoms with van der Waals surface area (Å²) < 4.78 is 62.6. The van der Waals surface area contributed by atoms with Gasteiger partial charge in [0.05, 0.1) is 24.1 Å². The molecule has 0 radical (unpaired) electrons. The number of urea groups is 1. The first-order valence-corrected chi connectivity index (χ1v) is 11.3. The first-order valence-electron chi connectivity index (χ1n) is 8.94. The molecule has 2 heterocycles. The number of hydrogen-bond acceptors (Lipinski definition) is 6. The second-order valence-electron chi connectivity index (χ2n) is 7.29. The van der Waals surface area contributed by atoms with Crippen LogP contribution >= 0.6 is 11.8 Å². The van der Waals surface area contributed by atoms with E-state index in [4.69, 9.17) is 5.14 Å². The van der Waals surface area contributed by atoms with E-state index in [0.29, 0.717) is 5.56 Å². The summed E-state index contributed by atoms with van der Waals surface area (Å²) in [5, 5.41) is 5.01. The van der Waals surface area contributed by atoms with E-state index in [-0.39, 0.29) is 34.6 Å². The highest BCUT2D eigenvalue weighted by molar-refractivity contribution is 8.00. The van der Waals surface area contributed by atoms with Crippen molar-refractivity contribution in [2.45, 2.75) is 36.3 Å². The van der Waals surface area contributed by atoms with Crippen molar-refractivity contribution in [3.8, 4) is 0 Å². The molecule has 32 heavy (non-hydrogen) atoms. The maximum atomic E-state index is 13.1. The molecule has 1 aliphatic rings. The highest BCUT2D eigenvalue weighted by atomic mass is 32.2. The van der Waals surface area contributed by atoms with E-state index in [9.17, 15) is 31.2 Å². The first-order chi connectivity index (χ1) is 14.7. The number of benzene rings is 1. The number of carbonyl (C=O) groups excluding carboxylic acids is 2. The van der Waals surface area contributed by atoms with Gasteiger partial charge in [-0.15, -0.1) is 0 Å². The van der Waals surface area contributed by atoms with Gasteiger partial charge < -0.3 is 4.90 Å². The summed E-state index contributed by atoms with van der Waals surface area (Å²) in [7, 11) is -4.11. The Kier molecular flexibility index (Phi) is 6.14. The lowest BCUT2D eigenvalue weighted by Crippen LogP contribution is -2.43. The van der Waals surface area contributed by atoms with Crippen LogP contribution in [0.4, 0.5) is 29.3 Å². The molecule has 1 fully saturated rings. The molecule has 0 spiro atoms. The van der Waals surface area contributed by atoms with E-state index in [1.54, 1.807) is 0 Å². The summed E-state index contributed by atoms with van der Waals surface area (Å²) >= 11 is -0.309. The van der Waals surface area contributed by atoms with Crippen molar-refractivity contribution in [1.82, 2.24) is 9.88 Å². The lowest BCUT2D eigenvalue weighted by atomic mass is 10.0. The van der Waals surface area contributed by atoms with Crippen LogP contribution in [0.3, 0.4) is 0 Å². The number of halogens is 3. The zero-order valence-corrected chi connectivity index (χ0v) is 18.4. The number of alkyl halides is 3. The molecule has 1 saturated heterocycles. The van der Waals surface area contributed by atoms with Gasteiger partial charge in [0.1, 0.15) is 5.54 Å². The van der Waals surface area contributed by atoms with Gasteiger partial charge in [0.15, 0.2) is 0 Å². The number of rotatable bonds is 6. The van der Waals surface area contributed by atoms with E-state index in [1.807, 2.05) is 0 Å². The topological polar surface area (TPSA) is 126 Å². The second-order valence-corrected chi connectivity index (χ2v) is 9.72. The van der Waals surface area contributed by atoms with E-state index in [2.05, 4.69) is 9.71 Å². The fourth-order valence-electron chi connectivity index (χ4n) is 3.10. The second kappa shape index (κ2) is 8.26. The molecular formula is C18H18F3N5O4S2. The van der Waals surface area contributed by atoms with Crippen molar-refractivity contribution in [3.63, 3.8) is 0 Å². The molecule has 1 aromatic heterocycles. The van der Waals surface area contributed by atoms with Crippen molar-refractivity contribution >= 4 is 45.3 Å². The Balaban J connectivity index is 1.90. The largest absolute Gasteiger partial charge is 0.446 e. The third-order valence-electron chi connectivity index (χ3n) is 4.64. The number of imide groups is 1. The molecule has 3 N–H and O–H groups in total. The van der Waals surface area contributed by atoms with E-state index >= 15 is 0 Å². The van der Waals surface area contributed by atoms with Gasteiger partial charge in [0, 0.05) is 11.1 Å². The number of amides is 3. The van der Waals surface area contributed by atoms with Crippen LogP contribution in [0.1, 0.15) is 19.4 Å².